The van der Waals surface area contributed by atoms with Crippen molar-refractivity contribution in [2.75, 3.05) is 5.32 Å². The maximum absolute atomic E-state index is 13.8. The average Bonchev–Trinajstić information content (AvgIpc) is 2.59. The molecule has 0 unspecified atom stereocenters. The molecule has 2 amide bonds. The topological polar surface area (TPSA) is 107 Å². The minimum Gasteiger partial charge on any atom is -0.364 e. The summed E-state index contributed by atoms with van der Waals surface area (Å²) in [5.74, 6) is -2.07. The Morgan fingerprint density at radius 2 is 1.88 bits per heavy atom. The van der Waals surface area contributed by atoms with Crippen LogP contribution in [0.4, 0.5) is 10.1 Å². The van der Waals surface area contributed by atoms with Crippen molar-refractivity contribution in [1.82, 2.24) is 9.78 Å². The van der Waals surface area contributed by atoms with Crippen molar-refractivity contribution in [3.05, 3.63) is 69.9 Å². The molecular weight excluding hydrogens is 339 g/mol. The van der Waals surface area contributed by atoms with Crippen molar-refractivity contribution in [2.24, 2.45) is 5.73 Å². The number of anilines is 1. The fraction of sp³-hybridized carbons (Fsp3) is 0.111. The summed E-state index contributed by atoms with van der Waals surface area (Å²) in [5, 5.41) is 6.80. The molecule has 0 aliphatic rings. The van der Waals surface area contributed by atoms with E-state index in [1.807, 2.05) is 0 Å². The first-order valence-corrected chi connectivity index (χ1v) is 7.72. The van der Waals surface area contributed by atoms with E-state index in [0.29, 0.717) is 10.9 Å². The Morgan fingerprint density at radius 3 is 2.54 bits per heavy atom. The van der Waals surface area contributed by atoms with Crippen LogP contribution in [0.25, 0.3) is 10.8 Å². The first-order valence-electron chi connectivity index (χ1n) is 7.72. The second-order valence-electron chi connectivity index (χ2n) is 5.75. The summed E-state index contributed by atoms with van der Waals surface area (Å²) in [6.07, 6.45) is 0. The van der Waals surface area contributed by atoms with E-state index in [1.54, 1.807) is 31.2 Å². The summed E-state index contributed by atoms with van der Waals surface area (Å²) >= 11 is 0. The quantitative estimate of drug-likeness (QED) is 0.742. The number of hydrogen-bond acceptors (Lipinski definition) is 4. The van der Waals surface area contributed by atoms with Gasteiger partial charge in [-0.15, -0.1) is 0 Å². The van der Waals surface area contributed by atoms with E-state index < -0.39 is 29.7 Å². The Labute approximate surface area is 147 Å². The first-order chi connectivity index (χ1) is 12.4. The molecular formula is C18H15FN4O3. The zero-order valence-electron chi connectivity index (χ0n) is 13.8. The van der Waals surface area contributed by atoms with Crippen molar-refractivity contribution in [2.45, 2.75) is 13.5 Å². The van der Waals surface area contributed by atoms with Gasteiger partial charge in [0.05, 0.1) is 11.1 Å². The van der Waals surface area contributed by atoms with Crippen LogP contribution in [0, 0.1) is 12.7 Å². The van der Waals surface area contributed by atoms with Gasteiger partial charge in [0, 0.05) is 5.39 Å². The molecule has 1 aromatic heterocycles. The van der Waals surface area contributed by atoms with E-state index in [0.717, 1.165) is 4.68 Å². The summed E-state index contributed by atoms with van der Waals surface area (Å²) in [6.45, 7) is 1.23. The lowest BCUT2D eigenvalue weighted by Gasteiger charge is -2.10. The molecule has 0 bridgehead atoms. The molecule has 0 atom stereocenters. The summed E-state index contributed by atoms with van der Waals surface area (Å²) < 4.78 is 14.7. The molecule has 8 heteroatoms. The largest absolute Gasteiger partial charge is 0.364 e. The van der Waals surface area contributed by atoms with Crippen LogP contribution in [0.5, 0.6) is 0 Å². The van der Waals surface area contributed by atoms with Gasteiger partial charge < -0.3 is 11.1 Å². The molecule has 132 valence electrons. The standard InChI is InChI=1S/C18H15FN4O3/c1-10-6-7-14(13(19)8-10)21-15(24)9-23-18(26)12-5-3-2-4-11(12)16(22-23)17(20)25/h2-8H,9H2,1H3,(H2,20,25)(H,21,24). The summed E-state index contributed by atoms with van der Waals surface area (Å²) in [7, 11) is 0. The summed E-state index contributed by atoms with van der Waals surface area (Å²) in [5.41, 5.74) is 5.35. The third-order valence-corrected chi connectivity index (χ3v) is 3.79. The minimum absolute atomic E-state index is 0.00966. The molecule has 0 aliphatic heterocycles. The van der Waals surface area contributed by atoms with E-state index >= 15 is 0 Å². The predicted molar refractivity (Wildman–Crippen MR) is 94.3 cm³/mol. The highest BCUT2D eigenvalue weighted by Gasteiger charge is 2.16. The van der Waals surface area contributed by atoms with Crippen LogP contribution in [0.2, 0.25) is 0 Å². The van der Waals surface area contributed by atoms with Gasteiger partial charge in [-0.05, 0) is 30.7 Å². The Morgan fingerprint density at radius 1 is 1.19 bits per heavy atom. The van der Waals surface area contributed by atoms with Gasteiger partial charge in [0.25, 0.3) is 11.5 Å². The Bertz CT molecular complexity index is 1090. The zero-order valence-corrected chi connectivity index (χ0v) is 13.8. The van der Waals surface area contributed by atoms with Crippen LogP contribution < -0.4 is 16.6 Å². The number of carbonyl (C=O) groups excluding carboxylic acids is 2. The Balaban J connectivity index is 1.95. The first kappa shape index (κ1) is 17.3. The van der Waals surface area contributed by atoms with Crippen LogP contribution in [0.1, 0.15) is 16.1 Å². The van der Waals surface area contributed by atoms with E-state index in [-0.39, 0.29) is 16.8 Å². The van der Waals surface area contributed by atoms with Gasteiger partial charge in [-0.2, -0.15) is 5.10 Å². The second-order valence-corrected chi connectivity index (χ2v) is 5.75. The van der Waals surface area contributed by atoms with Gasteiger partial charge in [-0.25, -0.2) is 9.07 Å². The van der Waals surface area contributed by atoms with Crippen molar-refractivity contribution in [3.63, 3.8) is 0 Å². The molecule has 26 heavy (non-hydrogen) atoms. The van der Waals surface area contributed by atoms with Crippen molar-refractivity contribution in [1.29, 1.82) is 0 Å². The number of benzene rings is 2. The number of primary amides is 1. The van der Waals surface area contributed by atoms with Gasteiger partial charge in [0.2, 0.25) is 5.91 Å². The van der Waals surface area contributed by atoms with Gasteiger partial charge in [-0.1, -0.05) is 24.3 Å². The minimum atomic E-state index is -0.820. The number of hydrogen-bond donors (Lipinski definition) is 2. The van der Waals surface area contributed by atoms with Crippen LogP contribution in [0.3, 0.4) is 0 Å². The highest BCUT2D eigenvalue weighted by molar-refractivity contribution is 6.04. The fourth-order valence-corrected chi connectivity index (χ4v) is 2.57. The molecule has 0 saturated carbocycles. The third-order valence-electron chi connectivity index (χ3n) is 3.79. The normalized spacial score (nSPS) is 10.7. The van der Waals surface area contributed by atoms with Crippen molar-refractivity contribution in [3.8, 4) is 0 Å². The maximum atomic E-state index is 13.8. The fourth-order valence-electron chi connectivity index (χ4n) is 2.57. The molecule has 0 spiro atoms. The smallest absolute Gasteiger partial charge is 0.275 e. The number of rotatable bonds is 4. The third kappa shape index (κ3) is 3.30. The monoisotopic (exact) mass is 354 g/mol. The lowest BCUT2D eigenvalue weighted by atomic mass is 10.1. The number of fused-ring (bicyclic) bond motifs is 1. The van der Waals surface area contributed by atoms with E-state index in [9.17, 15) is 18.8 Å². The molecule has 3 aromatic rings. The number of aromatic nitrogens is 2. The predicted octanol–water partition coefficient (Wildman–Crippen LogP) is 1.58. The summed E-state index contributed by atoms with van der Waals surface area (Å²) in [4.78, 5) is 36.3. The maximum Gasteiger partial charge on any atom is 0.275 e. The Kier molecular flexibility index (Phi) is 4.49. The molecule has 2 aromatic carbocycles. The average molecular weight is 354 g/mol. The zero-order chi connectivity index (χ0) is 18.8. The van der Waals surface area contributed by atoms with E-state index in [4.69, 9.17) is 5.73 Å². The molecule has 3 N–H and O–H groups in total. The number of amides is 2. The number of carbonyl (C=O) groups is 2. The van der Waals surface area contributed by atoms with Crippen LogP contribution in [-0.2, 0) is 11.3 Å². The van der Waals surface area contributed by atoms with E-state index in [2.05, 4.69) is 10.4 Å². The highest BCUT2D eigenvalue weighted by atomic mass is 19.1. The number of nitrogens with one attached hydrogen (secondary N) is 1. The number of aryl methyl sites for hydroxylation is 1. The van der Waals surface area contributed by atoms with Gasteiger partial charge in [0.1, 0.15) is 12.4 Å². The SMILES string of the molecule is Cc1ccc(NC(=O)Cn2nc(C(N)=O)c3ccccc3c2=O)c(F)c1. The molecule has 0 saturated heterocycles. The van der Waals surface area contributed by atoms with Gasteiger partial charge in [-0.3, -0.25) is 14.4 Å². The van der Waals surface area contributed by atoms with Crippen molar-refractivity contribution < 1.29 is 14.0 Å². The van der Waals surface area contributed by atoms with Crippen LogP contribution in [-0.4, -0.2) is 21.6 Å². The molecule has 7 nitrogen and oxygen atoms in total. The lowest BCUT2D eigenvalue weighted by Crippen LogP contribution is -2.32. The number of nitrogens with zero attached hydrogens (tertiary/aromatic N) is 2. The van der Waals surface area contributed by atoms with Gasteiger partial charge >= 0.3 is 0 Å². The molecule has 0 radical (unpaired) electrons. The summed E-state index contributed by atoms with van der Waals surface area (Å²) in [6, 6.07) is 10.7. The number of nitrogens with two attached hydrogens (primary N) is 1. The second kappa shape index (κ2) is 6.75. The number of halogens is 1. The molecule has 0 aliphatic carbocycles. The Hall–Kier alpha value is -3.55. The lowest BCUT2D eigenvalue weighted by molar-refractivity contribution is -0.117. The van der Waals surface area contributed by atoms with Crippen LogP contribution in [0.15, 0.2) is 47.3 Å². The van der Waals surface area contributed by atoms with E-state index in [1.165, 1.54) is 18.2 Å². The van der Waals surface area contributed by atoms with Gasteiger partial charge in [0.15, 0.2) is 5.69 Å². The van der Waals surface area contributed by atoms with Crippen LogP contribution >= 0.6 is 0 Å². The van der Waals surface area contributed by atoms with Crippen molar-refractivity contribution >= 4 is 28.3 Å². The molecule has 1 heterocycles. The molecule has 3 rings (SSSR count). The molecule has 0 fully saturated rings. The highest BCUT2D eigenvalue weighted by Crippen LogP contribution is 2.16.